The molecule has 20 heavy (non-hydrogen) atoms. The summed E-state index contributed by atoms with van der Waals surface area (Å²) in [5.74, 6) is -0.895. The molecule has 104 valence electrons. The molecule has 0 fully saturated rings. The van der Waals surface area contributed by atoms with Gasteiger partial charge in [-0.25, -0.2) is 9.18 Å². The Morgan fingerprint density at radius 2 is 1.95 bits per heavy atom. The highest BCUT2D eigenvalue weighted by Gasteiger charge is 2.09. The van der Waals surface area contributed by atoms with Crippen LogP contribution in [0.4, 0.5) is 4.39 Å². The number of carboxylic acid groups (broad SMARTS) is 1. The first-order valence-corrected chi connectivity index (χ1v) is 6.19. The van der Waals surface area contributed by atoms with Gasteiger partial charge in [0.1, 0.15) is 18.2 Å². The van der Waals surface area contributed by atoms with Gasteiger partial charge >= 0.3 is 5.97 Å². The van der Waals surface area contributed by atoms with Gasteiger partial charge in [-0.05, 0) is 43.7 Å². The summed E-state index contributed by atoms with van der Waals surface area (Å²) in [5, 5.41) is 8.90. The minimum Gasteiger partial charge on any atom is -0.489 e. The zero-order valence-corrected chi connectivity index (χ0v) is 11.3. The molecular formula is C16H15FO3. The molecule has 0 saturated heterocycles. The summed E-state index contributed by atoms with van der Waals surface area (Å²) in [6, 6.07) is 9.37. The summed E-state index contributed by atoms with van der Waals surface area (Å²) in [4.78, 5) is 10.9. The molecule has 0 aliphatic heterocycles. The highest BCUT2D eigenvalue weighted by molar-refractivity contribution is 5.87. The van der Waals surface area contributed by atoms with Crippen molar-refractivity contribution in [3.05, 3.63) is 64.5 Å². The van der Waals surface area contributed by atoms with Crippen LogP contribution in [-0.4, -0.2) is 11.1 Å². The fourth-order valence-corrected chi connectivity index (χ4v) is 1.94. The van der Waals surface area contributed by atoms with Crippen molar-refractivity contribution in [1.29, 1.82) is 0 Å². The number of benzene rings is 2. The van der Waals surface area contributed by atoms with Crippen LogP contribution in [0.15, 0.2) is 36.4 Å². The molecule has 0 bridgehead atoms. The molecule has 0 saturated carbocycles. The van der Waals surface area contributed by atoms with Crippen molar-refractivity contribution in [1.82, 2.24) is 0 Å². The Morgan fingerprint density at radius 3 is 2.60 bits per heavy atom. The van der Waals surface area contributed by atoms with E-state index in [-0.39, 0.29) is 17.7 Å². The van der Waals surface area contributed by atoms with Crippen molar-refractivity contribution in [2.45, 2.75) is 20.5 Å². The highest BCUT2D eigenvalue weighted by Crippen LogP contribution is 2.21. The van der Waals surface area contributed by atoms with Crippen LogP contribution >= 0.6 is 0 Å². The van der Waals surface area contributed by atoms with E-state index in [1.54, 1.807) is 0 Å². The lowest BCUT2D eigenvalue weighted by molar-refractivity contribution is 0.0696. The third kappa shape index (κ3) is 3.15. The number of hydrogen-bond acceptors (Lipinski definition) is 2. The highest BCUT2D eigenvalue weighted by atomic mass is 19.1. The van der Waals surface area contributed by atoms with Crippen LogP contribution in [0.5, 0.6) is 5.75 Å². The Bertz CT molecular complexity index is 650. The first-order chi connectivity index (χ1) is 9.47. The maximum Gasteiger partial charge on any atom is 0.335 e. The smallest absolute Gasteiger partial charge is 0.335 e. The van der Waals surface area contributed by atoms with Gasteiger partial charge in [0.2, 0.25) is 0 Å². The summed E-state index contributed by atoms with van der Waals surface area (Å²) in [6.45, 7) is 3.88. The lowest BCUT2D eigenvalue weighted by Crippen LogP contribution is -2.03. The third-order valence-corrected chi connectivity index (χ3v) is 3.01. The van der Waals surface area contributed by atoms with Gasteiger partial charge in [0.25, 0.3) is 0 Å². The average molecular weight is 274 g/mol. The number of carboxylic acids is 1. The second kappa shape index (κ2) is 5.74. The molecule has 2 aromatic carbocycles. The van der Waals surface area contributed by atoms with E-state index >= 15 is 0 Å². The molecule has 0 heterocycles. The number of hydrogen-bond donors (Lipinski definition) is 1. The van der Waals surface area contributed by atoms with Crippen molar-refractivity contribution < 1.29 is 19.0 Å². The van der Waals surface area contributed by atoms with Crippen LogP contribution < -0.4 is 4.74 Å². The number of rotatable bonds is 4. The van der Waals surface area contributed by atoms with Crippen molar-refractivity contribution >= 4 is 5.97 Å². The van der Waals surface area contributed by atoms with E-state index in [1.165, 1.54) is 12.1 Å². The number of halogens is 1. The SMILES string of the molecule is Cc1ccc(OCc2cc(C(=O)O)ccc2F)c(C)c1. The van der Waals surface area contributed by atoms with Gasteiger partial charge in [-0.2, -0.15) is 0 Å². The van der Waals surface area contributed by atoms with Gasteiger partial charge in [0.05, 0.1) is 5.56 Å². The molecule has 2 aromatic rings. The molecule has 4 heteroatoms. The van der Waals surface area contributed by atoms with E-state index in [0.29, 0.717) is 5.75 Å². The molecule has 1 N–H and O–H groups in total. The van der Waals surface area contributed by atoms with Crippen LogP contribution in [0.2, 0.25) is 0 Å². The first-order valence-electron chi connectivity index (χ1n) is 6.19. The zero-order valence-electron chi connectivity index (χ0n) is 11.3. The number of aromatic carboxylic acids is 1. The Kier molecular flexibility index (Phi) is 4.03. The minimum absolute atomic E-state index is 0.00312. The summed E-state index contributed by atoms with van der Waals surface area (Å²) in [5.41, 5.74) is 2.35. The van der Waals surface area contributed by atoms with Crippen molar-refractivity contribution in [2.75, 3.05) is 0 Å². The molecule has 0 atom stereocenters. The van der Waals surface area contributed by atoms with Gasteiger partial charge in [-0.3, -0.25) is 0 Å². The Hall–Kier alpha value is -2.36. The normalized spacial score (nSPS) is 10.3. The number of carbonyl (C=O) groups is 1. The van der Waals surface area contributed by atoms with Crippen LogP contribution in [-0.2, 0) is 6.61 Å². The average Bonchev–Trinajstić information content (AvgIpc) is 2.39. The molecule has 0 radical (unpaired) electrons. The summed E-state index contributed by atoms with van der Waals surface area (Å²) < 4.78 is 19.2. The second-order valence-electron chi connectivity index (χ2n) is 4.67. The molecule has 0 amide bonds. The molecule has 0 aliphatic rings. The molecule has 2 rings (SSSR count). The molecule has 3 nitrogen and oxygen atoms in total. The standard InChI is InChI=1S/C16H15FO3/c1-10-3-6-15(11(2)7-10)20-9-13-8-12(16(18)19)4-5-14(13)17/h3-8H,9H2,1-2H3,(H,18,19). The van der Waals surface area contributed by atoms with E-state index in [4.69, 9.17) is 9.84 Å². The fraction of sp³-hybridized carbons (Fsp3) is 0.188. The molecule has 0 spiro atoms. The van der Waals surface area contributed by atoms with E-state index in [9.17, 15) is 9.18 Å². The summed E-state index contributed by atoms with van der Waals surface area (Å²) in [6.07, 6.45) is 0. The van der Waals surface area contributed by atoms with Gasteiger partial charge < -0.3 is 9.84 Å². The number of ether oxygens (including phenoxy) is 1. The Morgan fingerprint density at radius 1 is 1.20 bits per heavy atom. The monoisotopic (exact) mass is 274 g/mol. The topological polar surface area (TPSA) is 46.5 Å². The lowest BCUT2D eigenvalue weighted by atomic mass is 10.1. The maximum atomic E-state index is 13.6. The largest absolute Gasteiger partial charge is 0.489 e. The van der Waals surface area contributed by atoms with E-state index in [1.807, 2.05) is 32.0 Å². The molecule has 0 aromatic heterocycles. The van der Waals surface area contributed by atoms with E-state index in [0.717, 1.165) is 17.2 Å². The van der Waals surface area contributed by atoms with Gasteiger partial charge in [0.15, 0.2) is 0 Å². The molecular weight excluding hydrogens is 259 g/mol. The van der Waals surface area contributed by atoms with Crippen LogP contribution in [0, 0.1) is 19.7 Å². The zero-order chi connectivity index (χ0) is 14.7. The quantitative estimate of drug-likeness (QED) is 0.924. The first kappa shape index (κ1) is 14.1. The summed E-state index contributed by atoms with van der Waals surface area (Å²) >= 11 is 0. The van der Waals surface area contributed by atoms with Gasteiger partial charge in [0, 0.05) is 5.56 Å². The van der Waals surface area contributed by atoms with Crippen molar-refractivity contribution in [3.63, 3.8) is 0 Å². The third-order valence-electron chi connectivity index (χ3n) is 3.01. The molecule has 0 aliphatic carbocycles. The van der Waals surface area contributed by atoms with Crippen LogP contribution in [0.25, 0.3) is 0 Å². The number of aryl methyl sites for hydroxylation is 2. The van der Waals surface area contributed by atoms with Crippen LogP contribution in [0.3, 0.4) is 0 Å². The van der Waals surface area contributed by atoms with E-state index in [2.05, 4.69) is 0 Å². The minimum atomic E-state index is -1.09. The molecule has 0 unspecified atom stereocenters. The summed E-state index contributed by atoms with van der Waals surface area (Å²) in [7, 11) is 0. The Balaban J connectivity index is 2.18. The maximum absolute atomic E-state index is 13.6. The Labute approximate surface area is 116 Å². The predicted octanol–water partition coefficient (Wildman–Crippen LogP) is 3.72. The van der Waals surface area contributed by atoms with Crippen LogP contribution in [0.1, 0.15) is 27.0 Å². The van der Waals surface area contributed by atoms with Gasteiger partial charge in [-0.1, -0.05) is 17.7 Å². The predicted molar refractivity (Wildman–Crippen MR) is 73.6 cm³/mol. The fourth-order valence-electron chi connectivity index (χ4n) is 1.94. The van der Waals surface area contributed by atoms with E-state index < -0.39 is 11.8 Å². The lowest BCUT2D eigenvalue weighted by Gasteiger charge is -2.11. The van der Waals surface area contributed by atoms with Crippen molar-refractivity contribution in [2.24, 2.45) is 0 Å². The second-order valence-corrected chi connectivity index (χ2v) is 4.67. The van der Waals surface area contributed by atoms with Gasteiger partial charge in [-0.15, -0.1) is 0 Å². The van der Waals surface area contributed by atoms with Crippen molar-refractivity contribution in [3.8, 4) is 5.75 Å².